The molecule has 0 atom stereocenters. The summed E-state index contributed by atoms with van der Waals surface area (Å²) >= 11 is 0. The summed E-state index contributed by atoms with van der Waals surface area (Å²) in [6, 6.07) is 2.60. The molecule has 0 saturated heterocycles. The normalized spacial score (nSPS) is 9.54. The van der Waals surface area contributed by atoms with Crippen LogP contribution in [0.15, 0.2) is 24.8 Å². The molecule has 0 aliphatic rings. The highest BCUT2D eigenvalue weighted by molar-refractivity contribution is 5.80. The molecule has 0 heterocycles. The van der Waals surface area contributed by atoms with Crippen molar-refractivity contribution in [3.05, 3.63) is 35.9 Å². The summed E-state index contributed by atoms with van der Waals surface area (Å²) < 4.78 is 0. The van der Waals surface area contributed by atoms with Gasteiger partial charge in [-0.15, -0.1) is 6.58 Å². The third-order valence-electron chi connectivity index (χ3n) is 1.72. The van der Waals surface area contributed by atoms with Gasteiger partial charge in [-0.05, 0) is 18.1 Å². The number of phenols is 2. The smallest absolute Gasteiger partial charge is 0.153 e. The lowest BCUT2D eigenvalue weighted by atomic mass is 10.1. The number of allylic oxidation sites excluding steroid dienone is 1. The van der Waals surface area contributed by atoms with Gasteiger partial charge in [-0.3, -0.25) is 4.79 Å². The summed E-state index contributed by atoms with van der Waals surface area (Å²) in [6.45, 7) is 3.51. The quantitative estimate of drug-likeness (QED) is 0.546. The van der Waals surface area contributed by atoms with Gasteiger partial charge in [0.15, 0.2) is 6.29 Å². The zero-order valence-electron chi connectivity index (χ0n) is 7.03. The van der Waals surface area contributed by atoms with Crippen LogP contribution in [0.1, 0.15) is 15.9 Å². The number of aldehydes is 1. The Labute approximate surface area is 76.0 Å². The van der Waals surface area contributed by atoms with Gasteiger partial charge in [0, 0.05) is 6.07 Å². The fourth-order valence-electron chi connectivity index (χ4n) is 1.05. The lowest BCUT2D eigenvalue weighted by Gasteiger charge is -2.04. The van der Waals surface area contributed by atoms with Gasteiger partial charge in [0.05, 0.1) is 5.56 Å². The zero-order chi connectivity index (χ0) is 9.84. The van der Waals surface area contributed by atoms with E-state index < -0.39 is 0 Å². The minimum atomic E-state index is -0.208. The maximum Gasteiger partial charge on any atom is 0.153 e. The van der Waals surface area contributed by atoms with Crippen LogP contribution in [0.5, 0.6) is 11.5 Å². The molecule has 1 aromatic carbocycles. The van der Waals surface area contributed by atoms with Crippen LogP contribution in [0, 0.1) is 0 Å². The highest BCUT2D eigenvalue weighted by Gasteiger charge is 2.06. The van der Waals surface area contributed by atoms with Crippen LogP contribution < -0.4 is 0 Å². The van der Waals surface area contributed by atoms with Gasteiger partial charge in [-0.2, -0.15) is 0 Å². The zero-order valence-corrected chi connectivity index (χ0v) is 7.03. The van der Waals surface area contributed by atoms with E-state index in [0.29, 0.717) is 18.3 Å². The van der Waals surface area contributed by atoms with E-state index in [1.165, 1.54) is 6.07 Å². The van der Waals surface area contributed by atoms with Crippen molar-refractivity contribution in [2.75, 3.05) is 0 Å². The number of rotatable bonds is 3. The molecule has 0 saturated carbocycles. The number of hydrogen-bond donors (Lipinski definition) is 2. The minimum absolute atomic E-state index is 0.0250. The van der Waals surface area contributed by atoms with E-state index in [1.54, 1.807) is 6.08 Å². The lowest BCUT2D eigenvalue weighted by molar-refractivity contribution is 0.112. The van der Waals surface area contributed by atoms with Crippen molar-refractivity contribution in [2.24, 2.45) is 0 Å². The summed E-state index contributed by atoms with van der Waals surface area (Å²) in [6.07, 6.45) is 2.62. The van der Waals surface area contributed by atoms with Gasteiger partial charge >= 0.3 is 0 Å². The molecule has 0 aliphatic heterocycles. The molecule has 3 heteroatoms. The van der Waals surface area contributed by atoms with E-state index in [9.17, 15) is 9.90 Å². The Balaban J connectivity index is 3.21. The molecular formula is C10H10O3. The first-order valence-electron chi connectivity index (χ1n) is 3.80. The maximum absolute atomic E-state index is 10.4. The summed E-state index contributed by atoms with van der Waals surface area (Å²) in [5.41, 5.74) is 0.754. The minimum Gasteiger partial charge on any atom is -0.508 e. The van der Waals surface area contributed by atoms with E-state index in [0.717, 1.165) is 6.07 Å². The van der Waals surface area contributed by atoms with Crippen molar-refractivity contribution in [1.82, 2.24) is 0 Å². The molecule has 0 radical (unpaired) electrons. The van der Waals surface area contributed by atoms with E-state index in [1.807, 2.05) is 0 Å². The molecule has 1 rings (SSSR count). The number of aromatic hydroxyl groups is 2. The van der Waals surface area contributed by atoms with E-state index in [4.69, 9.17) is 5.11 Å². The van der Waals surface area contributed by atoms with Gasteiger partial charge in [-0.25, -0.2) is 0 Å². The average molecular weight is 178 g/mol. The van der Waals surface area contributed by atoms with Crippen LogP contribution in [0.3, 0.4) is 0 Å². The molecular weight excluding hydrogens is 168 g/mol. The molecule has 13 heavy (non-hydrogen) atoms. The molecule has 0 amide bonds. The van der Waals surface area contributed by atoms with Crippen LogP contribution in [-0.4, -0.2) is 16.5 Å². The lowest BCUT2D eigenvalue weighted by Crippen LogP contribution is -1.87. The van der Waals surface area contributed by atoms with Crippen molar-refractivity contribution in [3.63, 3.8) is 0 Å². The topological polar surface area (TPSA) is 57.5 Å². The predicted octanol–water partition coefficient (Wildman–Crippen LogP) is 1.64. The Morgan fingerprint density at radius 1 is 1.31 bits per heavy atom. The van der Waals surface area contributed by atoms with Gasteiger partial charge in [-0.1, -0.05) is 6.08 Å². The van der Waals surface area contributed by atoms with Crippen LogP contribution >= 0.6 is 0 Å². The SMILES string of the molecule is C=CCc1cc(C=O)c(O)cc1O. The molecule has 3 nitrogen and oxygen atoms in total. The van der Waals surface area contributed by atoms with E-state index >= 15 is 0 Å². The van der Waals surface area contributed by atoms with Crippen LogP contribution in [0.4, 0.5) is 0 Å². The van der Waals surface area contributed by atoms with Crippen LogP contribution in [0.25, 0.3) is 0 Å². The number of benzene rings is 1. The number of carbonyl (C=O) groups is 1. The second kappa shape index (κ2) is 3.76. The molecule has 1 aromatic rings. The molecule has 68 valence electrons. The predicted molar refractivity (Wildman–Crippen MR) is 49.1 cm³/mol. The van der Waals surface area contributed by atoms with E-state index in [-0.39, 0.29) is 17.1 Å². The fourth-order valence-corrected chi connectivity index (χ4v) is 1.05. The van der Waals surface area contributed by atoms with Crippen LogP contribution in [0.2, 0.25) is 0 Å². The van der Waals surface area contributed by atoms with Crippen molar-refractivity contribution < 1.29 is 15.0 Å². The molecule has 0 fully saturated rings. The fraction of sp³-hybridized carbons (Fsp3) is 0.100. The Morgan fingerprint density at radius 2 is 2.00 bits per heavy atom. The first kappa shape index (κ1) is 9.32. The van der Waals surface area contributed by atoms with Crippen LogP contribution in [-0.2, 0) is 6.42 Å². The molecule has 0 unspecified atom stereocenters. The molecule has 0 aromatic heterocycles. The van der Waals surface area contributed by atoms with Gasteiger partial charge in [0.2, 0.25) is 0 Å². The number of hydrogen-bond acceptors (Lipinski definition) is 3. The molecule has 2 N–H and O–H groups in total. The van der Waals surface area contributed by atoms with Crippen molar-refractivity contribution in [3.8, 4) is 11.5 Å². The summed E-state index contributed by atoms with van der Waals surface area (Å²) in [4.78, 5) is 10.4. The van der Waals surface area contributed by atoms with E-state index in [2.05, 4.69) is 6.58 Å². The Hall–Kier alpha value is -1.77. The highest BCUT2D eigenvalue weighted by atomic mass is 16.3. The monoisotopic (exact) mass is 178 g/mol. The molecule has 0 spiro atoms. The summed E-state index contributed by atoms with van der Waals surface area (Å²) in [5, 5.41) is 18.5. The largest absolute Gasteiger partial charge is 0.508 e. The second-order valence-corrected chi connectivity index (χ2v) is 2.65. The van der Waals surface area contributed by atoms with Crippen molar-refractivity contribution in [1.29, 1.82) is 0 Å². The third kappa shape index (κ3) is 1.87. The second-order valence-electron chi connectivity index (χ2n) is 2.65. The van der Waals surface area contributed by atoms with Crippen molar-refractivity contribution >= 4 is 6.29 Å². The van der Waals surface area contributed by atoms with Gasteiger partial charge in [0.1, 0.15) is 11.5 Å². The molecule has 0 bridgehead atoms. The maximum atomic E-state index is 10.4. The molecule has 0 aliphatic carbocycles. The first-order chi connectivity index (χ1) is 6.19. The Morgan fingerprint density at radius 3 is 2.54 bits per heavy atom. The Kier molecular flexibility index (Phi) is 2.69. The number of phenolic OH excluding ortho intramolecular Hbond substituents is 2. The standard InChI is InChI=1S/C10H10O3/c1-2-3-7-4-8(6-11)10(13)5-9(7)12/h2,4-6,12-13H,1,3H2. The van der Waals surface area contributed by atoms with Gasteiger partial charge < -0.3 is 10.2 Å². The average Bonchev–Trinajstić information content (AvgIpc) is 2.10. The van der Waals surface area contributed by atoms with Gasteiger partial charge in [0.25, 0.3) is 0 Å². The van der Waals surface area contributed by atoms with Crippen molar-refractivity contribution in [2.45, 2.75) is 6.42 Å². The Bertz CT molecular complexity index is 342. The first-order valence-corrected chi connectivity index (χ1v) is 3.80. The number of carbonyl (C=O) groups excluding carboxylic acids is 1. The summed E-state index contributed by atoms with van der Waals surface area (Å²) in [5.74, 6) is -0.233. The third-order valence-corrected chi connectivity index (χ3v) is 1.72. The highest BCUT2D eigenvalue weighted by Crippen LogP contribution is 2.26. The summed E-state index contributed by atoms with van der Waals surface area (Å²) in [7, 11) is 0.